The van der Waals surface area contributed by atoms with E-state index in [-0.39, 0.29) is 24.0 Å². The largest absolute Gasteiger partial charge is 0.491 e. The molecule has 0 aliphatic heterocycles. The van der Waals surface area contributed by atoms with Gasteiger partial charge in [-0.15, -0.1) is 24.0 Å². The van der Waals surface area contributed by atoms with Gasteiger partial charge in [-0.2, -0.15) is 0 Å². The molecule has 32 heavy (non-hydrogen) atoms. The Kier molecular flexibility index (Phi) is 10.8. The zero-order chi connectivity index (χ0) is 22.1. The topological polar surface area (TPSA) is 72.2 Å². The fraction of sp³-hybridized carbons (Fsp3) is 0.417. The van der Waals surface area contributed by atoms with Crippen molar-refractivity contribution >= 4 is 35.6 Å². The van der Waals surface area contributed by atoms with Crippen molar-refractivity contribution in [3.63, 3.8) is 0 Å². The highest BCUT2D eigenvalue weighted by atomic mass is 127. The molecule has 0 spiro atoms. The number of nitrogens with one attached hydrogen (secondary N) is 2. The lowest BCUT2D eigenvalue weighted by Crippen LogP contribution is -2.36. The van der Waals surface area contributed by atoms with Crippen LogP contribution < -0.4 is 15.4 Å². The molecule has 7 nitrogen and oxygen atoms in total. The van der Waals surface area contributed by atoms with Crippen molar-refractivity contribution in [1.82, 2.24) is 20.0 Å². The van der Waals surface area contributed by atoms with Crippen molar-refractivity contribution in [3.05, 3.63) is 65.1 Å². The van der Waals surface area contributed by atoms with Crippen LogP contribution in [-0.4, -0.2) is 41.7 Å². The number of aromatic nitrogens is 2. The third-order valence-electron chi connectivity index (χ3n) is 4.85. The predicted molar refractivity (Wildman–Crippen MR) is 140 cm³/mol. The average molecular weight is 551 g/mol. The van der Waals surface area contributed by atoms with Gasteiger partial charge in [-0.3, -0.25) is 0 Å². The number of benzene rings is 1. The van der Waals surface area contributed by atoms with E-state index in [4.69, 9.17) is 14.5 Å². The first-order chi connectivity index (χ1) is 15.1. The molecule has 0 atom stereocenters. The molecule has 2 heterocycles. The Morgan fingerprint density at radius 1 is 1.09 bits per heavy atom. The van der Waals surface area contributed by atoms with E-state index >= 15 is 0 Å². The van der Waals surface area contributed by atoms with Crippen LogP contribution in [0.2, 0.25) is 0 Å². The van der Waals surface area contributed by atoms with Gasteiger partial charge in [-0.05, 0) is 51.5 Å². The molecule has 3 rings (SSSR count). The molecule has 2 N–H and O–H groups in total. The Labute approximate surface area is 207 Å². The molecule has 3 aromatic rings. The number of aliphatic imine (C=N–C) groups is 1. The van der Waals surface area contributed by atoms with Crippen LogP contribution in [0.5, 0.6) is 5.75 Å². The van der Waals surface area contributed by atoms with Crippen LogP contribution in [0.15, 0.2) is 47.6 Å². The van der Waals surface area contributed by atoms with Crippen LogP contribution in [0.1, 0.15) is 36.4 Å². The number of rotatable bonds is 10. The monoisotopic (exact) mass is 551 g/mol. The van der Waals surface area contributed by atoms with Crippen molar-refractivity contribution in [3.8, 4) is 5.75 Å². The molecular formula is C24H34IN5O2. The molecule has 0 amide bonds. The number of hydrogen-bond donors (Lipinski definition) is 2. The minimum atomic E-state index is 0. The first-order valence-electron chi connectivity index (χ1n) is 10.9. The maximum absolute atomic E-state index is 5.94. The Hall–Kier alpha value is -2.33. The van der Waals surface area contributed by atoms with Gasteiger partial charge in [-0.25, -0.2) is 9.98 Å². The van der Waals surface area contributed by atoms with Crippen molar-refractivity contribution in [2.24, 2.45) is 4.99 Å². The normalized spacial score (nSPS) is 11.3. The lowest BCUT2D eigenvalue weighted by molar-refractivity contribution is 0.110. The van der Waals surface area contributed by atoms with Crippen LogP contribution in [0, 0.1) is 13.8 Å². The zero-order valence-corrected chi connectivity index (χ0v) is 21.7. The van der Waals surface area contributed by atoms with Crippen molar-refractivity contribution in [1.29, 1.82) is 0 Å². The predicted octanol–water partition coefficient (Wildman–Crippen LogP) is 4.24. The smallest absolute Gasteiger partial charge is 0.191 e. The second-order valence-corrected chi connectivity index (χ2v) is 7.33. The number of halogens is 1. The standard InChI is InChI=1S/C24H33N5O2.HI/c1-5-25-24(27-16-21-17-29-19(4)8-7-9-23(29)28-21)26-15-20-11-10-18(3)14-22(20)31-13-12-30-6-2;/h7-11,14,17H,5-6,12-13,15-16H2,1-4H3,(H2,25,26,27);1H. The molecule has 0 saturated heterocycles. The number of guanidine groups is 1. The molecular weight excluding hydrogens is 517 g/mol. The number of hydrogen-bond acceptors (Lipinski definition) is 4. The molecule has 2 aromatic heterocycles. The van der Waals surface area contributed by atoms with E-state index in [0.29, 0.717) is 32.9 Å². The van der Waals surface area contributed by atoms with Gasteiger partial charge in [0, 0.05) is 30.6 Å². The third kappa shape index (κ3) is 7.37. The number of ether oxygens (including phenoxy) is 2. The Morgan fingerprint density at radius 2 is 1.94 bits per heavy atom. The molecule has 1 aromatic carbocycles. The quantitative estimate of drug-likeness (QED) is 0.171. The number of aryl methyl sites for hydroxylation is 2. The maximum atomic E-state index is 5.94. The van der Waals surface area contributed by atoms with Crippen LogP contribution in [-0.2, 0) is 17.8 Å². The minimum Gasteiger partial charge on any atom is -0.491 e. The molecule has 8 heteroatoms. The average Bonchev–Trinajstić information content (AvgIpc) is 3.19. The summed E-state index contributed by atoms with van der Waals surface area (Å²) in [5, 5.41) is 6.68. The summed E-state index contributed by atoms with van der Waals surface area (Å²) in [6.07, 6.45) is 2.06. The maximum Gasteiger partial charge on any atom is 0.191 e. The van der Waals surface area contributed by atoms with Gasteiger partial charge in [0.1, 0.15) is 18.0 Å². The summed E-state index contributed by atoms with van der Waals surface area (Å²) in [7, 11) is 0. The van der Waals surface area contributed by atoms with Crippen LogP contribution in [0.25, 0.3) is 5.65 Å². The van der Waals surface area contributed by atoms with E-state index < -0.39 is 0 Å². The summed E-state index contributed by atoms with van der Waals surface area (Å²) in [6.45, 7) is 11.9. The van der Waals surface area contributed by atoms with Crippen molar-refractivity contribution < 1.29 is 9.47 Å². The molecule has 0 unspecified atom stereocenters. The fourth-order valence-electron chi connectivity index (χ4n) is 3.25. The first-order valence-corrected chi connectivity index (χ1v) is 10.9. The molecule has 0 fully saturated rings. The summed E-state index contributed by atoms with van der Waals surface area (Å²) < 4.78 is 13.4. The number of imidazole rings is 1. The number of pyridine rings is 1. The van der Waals surface area contributed by atoms with Crippen LogP contribution in [0.3, 0.4) is 0 Å². The van der Waals surface area contributed by atoms with E-state index in [1.165, 1.54) is 0 Å². The van der Waals surface area contributed by atoms with Crippen LogP contribution in [0.4, 0.5) is 0 Å². The van der Waals surface area contributed by atoms with E-state index in [2.05, 4.69) is 71.3 Å². The summed E-state index contributed by atoms with van der Waals surface area (Å²) in [4.78, 5) is 9.44. The van der Waals surface area contributed by atoms with Crippen molar-refractivity contribution in [2.75, 3.05) is 26.4 Å². The second-order valence-electron chi connectivity index (χ2n) is 7.33. The molecule has 0 aliphatic carbocycles. The van der Waals surface area contributed by atoms with E-state index in [9.17, 15) is 0 Å². The van der Waals surface area contributed by atoms with Gasteiger partial charge in [0.05, 0.1) is 25.4 Å². The zero-order valence-electron chi connectivity index (χ0n) is 19.4. The lowest BCUT2D eigenvalue weighted by atomic mass is 10.1. The highest BCUT2D eigenvalue weighted by molar-refractivity contribution is 14.0. The van der Waals surface area contributed by atoms with E-state index in [0.717, 1.165) is 46.4 Å². The fourth-order valence-corrected chi connectivity index (χ4v) is 3.25. The van der Waals surface area contributed by atoms with Gasteiger partial charge in [0.2, 0.25) is 0 Å². The van der Waals surface area contributed by atoms with E-state index in [1.807, 2.05) is 19.1 Å². The molecule has 0 radical (unpaired) electrons. The number of nitrogens with zero attached hydrogens (tertiary/aromatic N) is 3. The van der Waals surface area contributed by atoms with Gasteiger partial charge < -0.3 is 24.5 Å². The Bertz CT molecular complexity index is 1020. The van der Waals surface area contributed by atoms with Crippen LogP contribution >= 0.6 is 24.0 Å². The summed E-state index contributed by atoms with van der Waals surface area (Å²) in [5.41, 5.74) is 5.28. The van der Waals surface area contributed by atoms with E-state index in [1.54, 1.807) is 0 Å². The molecule has 0 bridgehead atoms. The molecule has 174 valence electrons. The van der Waals surface area contributed by atoms with Gasteiger partial charge >= 0.3 is 0 Å². The first kappa shape index (κ1) is 25.9. The second kappa shape index (κ2) is 13.3. The summed E-state index contributed by atoms with van der Waals surface area (Å²) in [6, 6.07) is 12.3. The van der Waals surface area contributed by atoms with Gasteiger partial charge in [0.25, 0.3) is 0 Å². The third-order valence-corrected chi connectivity index (χ3v) is 4.85. The number of fused-ring (bicyclic) bond motifs is 1. The highest BCUT2D eigenvalue weighted by Crippen LogP contribution is 2.21. The molecule has 0 aliphatic rings. The molecule has 0 saturated carbocycles. The SMILES string of the molecule is CCNC(=NCc1ccc(C)cc1OCCOCC)NCc1cn2c(C)cccc2n1.I. The summed E-state index contributed by atoms with van der Waals surface area (Å²) >= 11 is 0. The Morgan fingerprint density at radius 3 is 2.69 bits per heavy atom. The highest BCUT2D eigenvalue weighted by Gasteiger charge is 2.07. The van der Waals surface area contributed by atoms with Crippen molar-refractivity contribution in [2.45, 2.75) is 40.8 Å². The minimum absolute atomic E-state index is 0. The lowest BCUT2D eigenvalue weighted by Gasteiger charge is -2.13. The van der Waals surface area contributed by atoms with Gasteiger partial charge in [0.15, 0.2) is 5.96 Å². The van der Waals surface area contributed by atoms with Gasteiger partial charge in [-0.1, -0.05) is 18.2 Å². The Balaban J connectivity index is 0.00000363. The summed E-state index contributed by atoms with van der Waals surface area (Å²) in [5.74, 6) is 1.60.